The van der Waals surface area contributed by atoms with Gasteiger partial charge in [0.25, 0.3) is 0 Å². The van der Waals surface area contributed by atoms with Crippen molar-refractivity contribution in [3.8, 4) is 0 Å². The molecule has 1 aromatic rings. The average molecular weight is 211 g/mol. The molecule has 0 saturated carbocycles. The maximum atomic E-state index is 11.5. The molecular formula is C9H13N3O3. The van der Waals surface area contributed by atoms with Crippen LogP contribution in [0.4, 0.5) is 5.82 Å². The van der Waals surface area contributed by atoms with E-state index in [0.717, 1.165) is 0 Å². The van der Waals surface area contributed by atoms with Crippen LogP contribution in [0.15, 0.2) is 17.1 Å². The Balaban J connectivity index is 2.20. The first kappa shape index (κ1) is 10.1. The maximum absolute atomic E-state index is 11.5. The van der Waals surface area contributed by atoms with Crippen molar-refractivity contribution >= 4 is 5.82 Å². The highest BCUT2D eigenvalue weighted by Gasteiger charge is 2.26. The average Bonchev–Trinajstić information content (AvgIpc) is 2.66. The van der Waals surface area contributed by atoms with Crippen molar-refractivity contribution in [1.82, 2.24) is 9.55 Å². The minimum Gasteiger partial charge on any atom is -0.396 e. The molecule has 6 nitrogen and oxygen atoms in total. The van der Waals surface area contributed by atoms with Crippen molar-refractivity contribution in [2.24, 2.45) is 5.92 Å². The molecule has 1 aromatic heterocycles. The van der Waals surface area contributed by atoms with E-state index in [1.807, 2.05) is 0 Å². The van der Waals surface area contributed by atoms with Crippen molar-refractivity contribution in [2.45, 2.75) is 12.6 Å². The molecule has 0 unspecified atom stereocenters. The number of aromatic nitrogens is 2. The SMILES string of the molecule is Nc1ccn([C@H]2C[C@@H](CO)CO2)c(=O)n1. The normalized spacial score (nSPS) is 25.7. The van der Waals surface area contributed by atoms with E-state index >= 15 is 0 Å². The summed E-state index contributed by atoms with van der Waals surface area (Å²) in [6.45, 7) is 0.547. The number of ether oxygens (including phenoxy) is 1. The lowest BCUT2D eigenvalue weighted by Gasteiger charge is -2.12. The molecule has 3 N–H and O–H groups in total. The lowest BCUT2D eigenvalue weighted by atomic mass is 10.1. The fourth-order valence-electron chi connectivity index (χ4n) is 1.63. The van der Waals surface area contributed by atoms with Gasteiger partial charge in [-0.3, -0.25) is 4.57 Å². The molecule has 82 valence electrons. The summed E-state index contributed by atoms with van der Waals surface area (Å²) in [5.41, 5.74) is 4.96. The summed E-state index contributed by atoms with van der Waals surface area (Å²) in [6, 6.07) is 1.55. The second kappa shape index (κ2) is 4.00. The molecule has 2 atom stereocenters. The van der Waals surface area contributed by atoms with Gasteiger partial charge in [0.1, 0.15) is 12.0 Å². The Morgan fingerprint density at radius 2 is 2.53 bits per heavy atom. The topological polar surface area (TPSA) is 90.4 Å². The van der Waals surface area contributed by atoms with Gasteiger partial charge in [-0.25, -0.2) is 4.79 Å². The van der Waals surface area contributed by atoms with E-state index in [2.05, 4.69) is 4.98 Å². The number of hydrogen-bond acceptors (Lipinski definition) is 5. The van der Waals surface area contributed by atoms with E-state index < -0.39 is 5.69 Å². The molecule has 15 heavy (non-hydrogen) atoms. The Hall–Kier alpha value is -1.40. The molecule has 1 aliphatic heterocycles. The Morgan fingerprint density at radius 1 is 1.73 bits per heavy atom. The zero-order valence-corrected chi connectivity index (χ0v) is 8.17. The minimum atomic E-state index is -0.418. The lowest BCUT2D eigenvalue weighted by Crippen LogP contribution is -2.26. The second-order valence-electron chi connectivity index (χ2n) is 3.61. The quantitative estimate of drug-likeness (QED) is 0.678. The first-order valence-corrected chi connectivity index (χ1v) is 4.78. The van der Waals surface area contributed by atoms with E-state index in [1.54, 1.807) is 12.3 Å². The van der Waals surface area contributed by atoms with E-state index in [0.29, 0.717) is 13.0 Å². The fourth-order valence-corrected chi connectivity index (χ4v) is 1.63. The van der Waals surface area contributed by atoms with Crippen LogP contribution in [0.2, 0.25) is 0 Å². The van der Waals surface area contributed by atoms with Gasteiger partial charge in [-0.2, -0.15) is 4.98 Å². The zero-order valence-electron chi connectivity index (χ0n) is 8.17. The van der Waals surface area contributed by atoms with Gasteiger partial charge in [0.05, 0.1) is 6.61 Å². The third-order valence-corrected chi connectivity index (χ3v) is 2.48. The summed E-state index contributed by atoms with van der Waals surface area (Å²) in [5.74, 6) is 0.299. The molecule has 0 radical (unpaired) electrons. The van der Waals surface area contributed by atoms with Crippen molar-refractivity contribution in [2.75, 3.05) is 18.9 Å². The van der Waals surface area contributed by atoms with Gasteiger partial charge in [0.15, 0.2) is 0 Å². The first-order chi connectivity index (χ1) is 7.20. The van der Waals surface area contributed by atoms with Gasteiger partial charge >= 0.3 is 5.69 Å². The number of aliphatic hydroxyl groups excluding tert-OH is 1. The van der Waals surface area contributed by atoms with Gasteiger partial charge in [-0.15, -0.1) is 0 Å². The van der Waals surface area contributed by atoms with Gasteiger partial charge in [-0.05, 0) is 12.5 Å². The van der Waals surface area contributed by atoms with Crippen LogP contribution in [-0.2, 0) is 4.74 Å². The smallest absolute Gasteiger partial charge is 0.351 e. The predicted molar refractivity (Wildman–Crippen MR) is 53.1 cm³/mol. The summed E-state index contributed by atoms with van der Waals surface area (Å²) in [5, 5.41) is 8.94. The molecule has 0 bridgehead atoms. The molecule has 2 heterocycles. The summed E-state index contributed by atoms with van der Waals surface area (Å²) < 4.78 is 6.78. The Labute approximate surface area is 86.3 Å². The largest absolute Gasteiger partial charge is 0.396 e. The van der Waals surface area contributed by atoms with Crippen LogP contribution in [0.25, 0.3) is 0 Å². The van der Waals surface area contributed by atoms with Crippen LogP contribution in [0.5, 0.6) is 0 Å². The van der Waals surface area contributed by atoms with Gasteiger partial charge < -0.3 is 15.6 Å². The molecule has 0 aliphatic carbocycles. The molecule has 0 spiro atoms. The highest BCUT2D eigenvalue weighted by Crippen LogP contribution is 2.26. The fraction of sp³-hybridized carbons (Fsp3) is 0.556. The summed E-state index contributed by atoms with van der Waals surface area (Å²) in [6.07, 6.45) is 1.86. The number of nitrogens with zero attached hydrogens (tertiary/aromatic N) is 2. The third kappa shape index (κ3) is 2.00. The number of hydrogen-bond donors (Lipinski definition) is 2. The number of nitrogen functional groups attached to an aromatic ring is 1. The highest BCUT2D eigenvalue weighted by atomic mass is 16.5. The Kier molecular flexibility index (Phi) is 2.70. The minimum absolute atomic E-state index is 0.0770. The van der Waals surface area contributed by atoms with Crippen molar-refractivity contribution in [1.29, 1.82) is 0 Å². The van der Waals surface area contributed by atoms with Crippen molar-refractivity contribution < 1.29 is 9.84 Å². The number of aliphatic hydroxyl groups is 1. The lowest BCUT2D eigenvalue weighted by molar-refractivity contribution is 0.0491. The van der Waals surface area contributed by atoms with Crippen LogP contribution in [0, 0.1) is 5.92 Å². The van der Waals surface area contributed by atoms with Crippen LogP contribution >= 0.6 is 0 Å². The van der Waals surface area contributed by atoms with Crippen LogP contribution in [0.1, 0.15) is 12.6 Å². The number of rotatable bonds is 2. The Bertz CT molecular complexity index is 404. The van der Waals surface area contributed by atoms with Crippen molar-refractivity contribution in [3.05, 3.63) is 22.7 Å². The number of nitrogens with two attached hydrogens (primary N) is 1. The van der Waals surface area contributed by atoms with E-state index in [-0.39, 0.29) is 24.6 Å². The van der Waals surface area contributed by atoms with E-state index in [9.17, 15) is 4.79 Å². The third-order valence-electron chi connectivity index (χ3n) is 2.48. The van der Waals surface area contributed by atoms with Crippen LogP contribution < -0.4 is 11.4 Å². The standard InChI is InChI=1S/C9H13N3O3/c10-7-1-2-12(9(14)11-7)8-3-6(4-13)5-15-8/h1-2,6,8,13H,3-5H2,(H2,10,11,14)/t6-,8+/m0/s1. The molecule has 2 rings (SSSR count). The molecule has 1 fully saturated rings. The molecule has 1 saturated heterocycles. The molecule has 6 heteroatoms. The maximum Gasteiger partial charge on any atom is 0.351 e. The monoisotopic (exact) mass is 211 g/mol. The Morgan fingerprint density at radius 3 is 3.13 bits per heavy atom. The van der Waals surface area contributed by atoms with Gasteiger partial charge in [-0.1, -0.05) is 0 Å². The van der Waals surface area contributed by atoms with E-state index in [1.165, 1.54) is 4.57 Å². The second-order valence-corrected chi connectivity index (χ2v) is 3.61. The molecule has 1 aliphatic rings. The predicted octanol–water partition coefficient (Wildman–Crippen LogP) is -0.647. The van der Waals surface area contributed by atoms with Gasteiger partial charge in [0, 0.05) is 18.7 Å². The molecule has 0 amide bonds. The summed E-state index contributed by atoms with van der Waals surface area (Å²) in [7, 11) is 0. The van der Waals surface area contributed by atoms with Crippen molar-refractivity contribution in [3.63, 3.8) is 0 Å². The molecule has 0 aromatic carbocycles. The number of anilines is 1. The first-order valence-electron chi connectivity index (χ1n) is 4.78. The highest BCUT2D eigenvalue weighted by molar-refractivity contribution is 5.23. The zero-order chi connectivity index (χ0) is 10.8. The van der Waals surface area contributed by atoms with Gasteiger partial charge in [0.2, 0.25) is 0 Å². The summed E-state index contributed by atoms with van der Waals surface area (Å²) >= 11 is 0. The van der Waals surface area contributed by atoms with Crippen LogP contribution in [-0.4, -0.2) is 27.9 Å². The van der Waals surface area contributed by atoms with Crippen LogP contribution in [0.3, 0.4) is 0 Å². The summed E-state index contributed by atoms with van der Waals surface area (Å²) in [4.78, 5) is 15.1. The molecular weight excluding hydrogens is 198 g/mol. The van der Waals surface area contributed by atoms with E-state index in [4.69, 9.17) is 15.6 Å².